The Labute approximate surface area is 142 Å². The van der Waals surface area contributed by atoms with Gasteiger partial charge in [0.1, 0.15) is 6.10 Å². The molecule has 0 aliphatic carbocycles. The van der Waals surface area contributed by atoms with Gasteiger partial charge >= 0.3 is 5.69 Å². The lowest BCUT2D eigenvalue weighted by molar-refractivity contribution is -0.0384. The van der Waals surface area contributed by atoms with Gasteiger partial charge in [-0.15, -0.1) is 18.8 Å². The third-order valence-corrected chi connectivity index (χ3v) is 4.11. The van der Waals surface area contributed by atoms with E-state index in [1.165, 1.54) is 0 Å². The topological polar surface area (TPSA) is 128 Å². The molecular formula is C16H17N5O4. The van der Waals surface area contributed by atoms with E-state index in [1.807, 2.05) is 0 Å². The lowest BCUT2D eigenvalue weighted by atomic mass is 10.1. The Hall–Kier alpha value is -3.01. The minimum absolute atomic E-state index is 0.0139. The first kappa shape index (κ1) is 16.8. The van der Waals surface area contributed by atoms with Gasteiger partial charge < -0.3 is 15.6 Å². The molecule has 1 saturated heterocycles. The summed E-state index contributed by atoms with van der Waals surface area (Å²) in [5.41, 5.74) is 4.41. The second kappa shape index (κ2) is 6.48. The summed E-state index contributed by atoms with van der Waals surface area (Å²) < 4.78 is 8.01. The summed E-state index contributed by atoms with van der Waals surface area (Å²) in [6.07, 6.45) is 9.66. The number of nitrogens with two attached hydrogens (primary N) is 1. The number of aliphatic hydroxyl groups excluding tert-OH is 1. The molecule has 0 bridgehead atoms. The number of nitrogens with one attached hydrogen (secondary N) is 1. The number of H-pyrrole nitrogens is 1. The van der Waals surface area contributed by atoms with Crippen LogP contribution in [0, 0.1) is 24.7 Å². The Bertz CT molecular complexity index is 1000. The Kier molecular flexibility index (Phi) is 4.36. The second-order valence-corrected chi connectivity index (χ2v) is 5.76. The number of imidazole rings is 1. The van der Waals surface area contributed by atoms with Crippen molar-refractivity contribution >= 4 is 17.1 Å². The molecule has 2 aromatic rings. The van der Waals surface area contributed by atoms with E-state index in [-0.39, 0.29) is 29.8 Å². The predicted molar refractivity (Wildman–Crippen MR) is 90.5 cm³/mol. The molecule has 130 valence electrons. The number of aliphatic hydroxyl groups is 1. The number of nitrogen functional groups attached to an aromatic ring is 1. The number of hydrogen-bond donors (Lipinski definition) is 3. The molecule has 0 amide bonds. The van der Waals surface area contributed by atoms with Gasteiger partial charge in [-0.3, -0.25) is 14.3 Å². The third-order valence-electron chi connectivity index (χ3n) is 4.11. The fraction of sp³-hybridized carbons (Fsp3) is 0.438. The Morgan fingerprint density at radius 3 is 2.84 bits per heavy atom. The first-order valence-corrected chi connectivity index (χ1v) is 7.69. The van der Waals surface area contributed by atoms with Crippen LogP contribution in [0.15, 0.2) is 9.59 Å². The van der Waals surface area contributed by atoms with Crippen molar-refractivity contribution in [1.29, 1.82) is 0 Å². The van der Waals surface area contributed by atoms with E-state index in [0.717, 1.165) is 9.13 Å². The van der Waals surface area contributed by atoms with Crippen LogP contribution in [0.1, 0.15) is 25.5 Å². The van der Waals surface area contributed by atoms with Crippen LogP contribution in [0.4, 0.5) is 5.95 Å². The number of aromatic amines is 1. The van der Waals surface area contributed by atoms with Gasteiger partial charge in [0.2, 0.25) is 5.95 Å². The summed E-state index contributed by atoms with van der Waals surface area (Å²) in [4.78, 5) is 31.4. The SMILES string of the molecule is C#CCC[C@@H]1C[C@@H](O)[C@H](n2c(=O)n(CC#C)c3c(=O)[nH]c(N)nc32)O1. The highest BCUT2D eigenvalue weighted by molar-refractivity contribution is 5.72. The molecule has 3 atom stereocenters. The molecule has 0 unspecified atom stereocenters. The van der Waals surface area contributed by atoms with Crippen molar-refractivity contribution in [3.8, 4) is 24.7 Å². The van der Waals surface area contributed by atoms with E-state index in [1.54, 1.807) is 0 Å². The molecule has 1 aliphatic rings. The molecule has 1 aliphatic heterocycles. The van der Waals surface area contributed by atoms with Gasteiger partial charge in [-0.2, -0.15) is 4.98 Å². The van der Waals surface area contributed by atoms with Crippen LogP contribution in [0.2, 0.25) is 0 Å². The molecule has 25 heavy (non-hydrogen) atoms. The van der Waals surface area contributed by atoms with Crippen LogP contribution in [0.5, 0.6) is 0 Å². The smallest absolute Gasteiger partial charge is 0.333 e. The Balaban J connectivity index is 2.16. The van der Waals surface area contributed by atoms with Crippen LogP contribution < -0.4 is 17.0 Å². The highest BCUT2D eigenvalue weighted by Gasteiger charge is 2.38. The minimum atomic E-state index is -0.995. The first-order chi connectivity index (χ1) is 12.0. The summed E-state index contributed by atoms with van der Waals surface area (Å²) in [6, 6.07) is 0. The molecule has 0 aromatic carbocycles. The van der Waals surface area contributed by atoms with Crippen molar-refractivity contribution in [3.63, 3.8) is 0 Å². The average molecular weight is 343 g/mol. The van der Waals surface area contributed by atoms with Crippen LogP contribution >= 0.6 is 0 Å². The van der Waals surface area contributed by atoms with Crippen molar-refractivity contribution < 1.29 is 9.84 Å². The van der Waals surface area contributed by atoms with E-state index in [0.29, 0.717) is 19.3 Å². The Morgan fingerprint density at radius 1 is 1.40 bits per heavy atom. The molecule has 9 heteroatoms. The summed E-state index contributed by atoms with van der Waals surface area (Å²) >= 11 is 0. The van der Waals surface area contributed by atoms with Crippen molar-refractivity contribution in [2.24, 2.45) is 0 Å². The molecule has 3 heterocycles. The van der Waals surface area contributed by atoms with Gasteiger partial charge in [0.05, 0.1) is 12.6 Å². The summed E-state index contributed by atoms with van der Waals surface area (Å²) in [6.45, 7) is -0.125. The molecular weight excluding hydrogens is 326 g/mol. The van der Waals surface area contributed by atoms with E-state index < -0.39 is 23.6 Å². The van der Waals surface area contributed by atoms with Crippen molar-refractivity contribution in [1.82, 2.24) is 19.1 Å². The van der Waals surface area contributed by atoms with E-state index in [9.17, 15) is 14.7 Å². The Morgan fingerprint density at radius 2 is 2.16 bits per heavy atom. The maximum atomic E-state index is 12.8. The standard InChI is InChI=1S/C16H17N5O4/c1-3-5-6-9-8-10(22)14(25-9)21-12-11(13(23)19-15(17)18-12)20(7-4-2)16(21)24/h1-2,9-10,14,22H,5-8H2,(H3,17,18,19,23)/t9-,10-,14-/m1/s1. The molecule has 9 nitrogen and oxygen atoms in total. The summed E-state index contributed by atoms with van der Waals surface area (Å²) in [5, 5.41) is 10.3. The number of ether oxygens (including phenoxy) is 1. The number of nitrogens with zero attached hydrogens (tertiary/aromatic N) is 3. The maximum absolute atomic E-state index is 12.8. The van der Waals surface area contributed by atoms with Crippen molar-refractivity contribution in [3.05, 3.63) is 20.8 Å². The molecule has 0 spiro atoms. The quantitative estimate of drug-likeness (QED) is 0.621. The highest BCUT2D eigenvalue weighted by Crippen LogP contribution is 2.31. The zero-order chi connectivity index (χ0) is 18.1. The van der Waals surface area contributed by atoms with Crippen LogP contribution in [-0.4, -0.2) is 36.4 Å². The van der Waals surface area contributed by atoms with Gasteiger partial charge in [-0.25, -0.2) is 9.36 Å². The lowest BCUT2D eigenvalue weighted by Crippen LogP contribution is -2.32. The highest BCUT2D eigenvalue weighted by atomic mass is 16.5. The van der Waals surface area contributed by atoms with E-state index >= 15 is 0 Å². The fourth-order valence-electron chi connectivity index (χ4n) is 3.06. The van der Waals surface area contributed by atoms with Gasteiger partial charge in [-0.05, 0) is 6.42 Å². The van der Waals surface area contributed by atoms with Crippen LogP contribution in [0.3, 0.4) is 0 Å². The number of fused-ring (bicyclic) bond motifs is 1. The zero-order valence-corrected chi connectivity index (χ0v) is 13.3. The van der Waals surface area contributed by atoms with Gasteiger partial charge in [0, 0.05) is 12.8 Å². The first-order valence-electron chi connectivity index (χ1n) is 7.69. The lowest BCUT2D eigenvalue weighted by Gasteiger charge is -2.16. The average Bonchev–Trinajstić information content (AvgIpc) is 3.04. The van der Waals surface area contributed by atoms with E-state index in [2.05, 4.69) is 21.8 Å². The third kappa shape index (κ3) is 2.80. The van der Waals surface area contributed by atoms with Crippen molar-refractivity contribution in [2.75, 3.05) is 5.73 Å². The molecule has 4 N–H and O–H groups in total. The number of aromatic nitrogens is 4. The molecule has 2 aromatic heterocycles. The zero-order valence-electron chi connectivity index (χ0n) is 13.3. The predicted octanol–water partition coefficient (Wildman–Crippen LogP) is -0.836. The van der Waals surface area contributed by atoms with Gasteiger partial charge in [0.25, 0.3) is 5.56 Å². The van der Waals surface area contributed by atoms with Crippen LogP contribution in [-0.2, 0) is 11.3 Å². The largest absolute Gasteiger partial charge is 0.388 e. The van der Waals surface area contributed by atoms with E-state index in [4.69, 9.17) is 23.3 Å². The number of hydrogen-bond acceptors (Lipinski definition) is 6. The second-order valence-electron chi connectivity index (χ2n) is 5.76. The fourth-order valence-corrected chi connectivity index (χ4v) is 3.06. The summed E-state index contributed by atoms with van der Waals surface area (Å²) in [7, 11) is 0. The number of terminal acetylenes is 2. The van der Waals surface area contributed by atoms with Gasteiger partial charge in [0.15, 0.2) is 17.4 Å². The number of anilines is 1. The van der Waals surface area contributed by atoms with Crippen LogP contribution in [0.25, 0.3) is 11.2 Å². The molecule has 0 saturated carbocycles. The van der Waals surface area contributed by atoms with Gasteiger partial charge in [-0.1, -0.05) is 5.92 Å². The summed E-state index contributed by atoms with van der Waals surface area (Å²) in [5.74, 6) is 4.68. The molecule has 1 fully saturated rings. The normalized spacial score (nSPS) is 22.8. The maximum Gasteiger partial charge on any atom is 0.333 e. The number of rotatable bonds is 4. The monoisotopic (exact) mass is 343 g/mol. The minimum Gasteiger partial charge on any atom is -0.388 e. The molecule has 0 radical (unpaired) electrons. The van der Waals surface area contributed by atoms with Crippen molar-refractivity contribution in [2.45, 2.75) is 44.2 Å². The molecule has 3 rings (SSSR count).